The minimum atomic E-state index is -2.89. The van der Waals surface area contributed by atoms with Crippen LogP contribution < -0.4 is 10.6 Å². The summed E-state index contributed by atoms with van der Waals surface area (Å²) in [6, 6.07) is -0.104. The highest BCUT2D eigenvalue weighted by atomic mass is 32.2. The minimum absolute atomic E-state index is 0.104. The average Bonchev–Trinajstić information content (AvgIpc) is 2.86. The Kier molecular flexibility index (Phi) is 4.69. The molecule has 2 N–H and O–H groups in total. The highest BCUT2D eigenvalue weighted by Crippen LogP contribution is 2.17. The number of nitrogens with zero attached hydrogens (tertiary/aromatic N) is 2. The van der Waals surface area contributed by atoms with E-state index in [1.807, 2.05) is 0 Å². The van der Waals surface area contributed by atoms with Gasteiger partial charge in [-0.1, -0.05) is 18.3 Å². The topological polar surface area (TPSA) is 84.0 Å². The second kappa shape index (κ2) is 6.10. The number of hydrogen-bond acceptors (Lipinski definition) is 6. The zero-order valence-electron chi connectivity index (χ0n) is 10.5. The molecule has 19 heavy (non-hydrogen) atoms. The number of aryl methyl sites for hydroxylation is 1. The van der Waals surface area contributed by atoms with Crippen LogP contribution in [-0.4, -0.2) is 41.3 Å². The van der Waals surface area contributed by atoms with Gasteiger partial charge in [-0.15, -0.1) is 10.2 Å². The Bertz CT molecular complexity index is 555. The predicted molar refractivity (Wildman–Crippen MR) is 80.3 cm³/mol. The maximum absolute atomic E-state index is 11.3. The Morgan fingerprint density at radius 3 is 2.95 bits per heavy atom. The number of hydrogen-bond donors (Lipinski definition) is 2. The molecule has 2 rings (SSSR count). The van der Waals surface area contributed by atoms with Crippen molar-refractivity contribution in [1.29, 1.82) is 0 Å². The summed E-state index contributed by atoms with van der Waals surface area (Å²) in [6.07, 6.45) is 2.53. The Morgan fingerprint density at radius 1 is 1.53 bits per heavy atom. The molecule has 1 saturated heterocycles. The number of sulfone groups is 1. The summed E-state index contributed by atoms with van der Waals surface area (Å²) < 4.78 is 22.7. The molecule has 2 heterocycles. The molecule has 106 valence electrons. The normalized spacial score (nSPS) is 21.2. The first-order valence-electron chi connectivity index (χ1n) is 6.09. The molecule has 1 aromatic rings. The molecule has 0 unspecified atom stereocenters. The first kappa shape index (κ1) is 14.6. The van der Waals surface area contributed by atoms with E-state index in [1.54, 1.807) is 0 Å². The molecule has 0 radical (unpaired) electrons. The van der Waals surface area contributed by atoms with Gasteiger partial charge in [0.15, 0.2) is 14.9 Å². The summed E-state index contributed by atoms with van der Waals surface area (Å²) >= 11 is 6.61. The molecule has 0 aliphatic carbocycles. The quantitative estimate of drug-likeness (QED) is 0.800. The van der Waals surface area contributed by atoms with Crippen LogP contribution in [0.15, 0.2) is 0 Å². The number of rotatable bonds is 4. The van der Waals surface area contributed by atoms with Gasteiger partial charge in [-0.2, -0.15) is 0 Å². The van der Waals surface area contributed by atoms with Crippen molar-refractivity contribution in [1.82, 2.24) is 15.5 Å². The lowest BCUT2D eigenvalue weighted by Gasteiger charge is -2.12. The lowest BCUT2D eigenvalue weighted by atomic mass is 10.3. The average molecular weight is 320 g/mol. The van der Waals surface area contributed by atoms with E-state index < -0.39 is 9.84 Å². The maximum atomic E-state index is 11.3. The Morgan fingerprint density at radius 2 is 2.32 bits per heavy atom. The third-order valence-corrected chi connectivity index (χ3v) is 5.61. The van der Waals surface area contributed by atoms with Crippen LogP contribution in [0.3, 0.4) is 0 Å². The van der Waals surface area contributed by atoms with E-state index >= 15 is 0 Å². The van der Waals surface area contributed by atoms with Crippen molar-refractivity contribution in [2.75, 3.05) is 16.8 Å². The Labute approximate surface area is 121 Å². The van der Waals surface area contributed by atoms with Crippen molar-refractivity contribution >= 4 is 43.6 Å². The number of thiocarbonyl (C=S) groups is 1. The molecular formula is C10H16N4O2S3. The second-order valence-corrected chi connectivity index (χ2v) is 8.15. The molecule has 1 aliphatic rings. The number of aromatic nitrogens is 2. The van der Waals surface area contributed by atoms with Crippen LogP contribution in [0.2, 0.25) is 0 Å². The minimum Gasteiger partial charge on any atom is -0.359 e. The van der Waals surface area contributed by atoms with Gasteiger partial charge >= 0.3 is 0 Å². The van der Waals surface area contributed by atoms with Gasteiger partial charge in [0.25, 0.3) is 0 Å². The molecule has 1 fully saturated rings. The number of nitrogens with one attached hydrogen (secondary N) is 2. The predicted octanol–water partition coefficient (Wildman–Crippen LogP) is 0.964. The smallest absolute Gasteiger partial charge is 0.211 e. The number of anilines is 1. The highest BCUT2D eigenvalue weighted by Gasteiger charge is 2.28. The van der Waals surface area contributed by atoms with Crippen LogP contribution in [-0.2, 0) is 16.3 Å². The maximum Gasteiger partial charge on any atom is 0.211 e. The van der Waals surface area contributed by atoms with Crippen molar-refractivity contribution in [3.05, 3.63) is 5.01 Å². The monoisotopic (exact) mass is 320 g/mol. The summed E-state index contributed by atoms with van der Waals surface area (Å²) in [5.74, 6) is 0.374. The molecule has 1 aliphatic heterocycles. The van der Waals surface area contributed by atoms with Crippen LogP contribution in [0.1, 0.15) is 24.8 Å². The van der Waals surface area contributed by atoms with E-state index in [4.69, 9.17) is 12.2 Å². The molecule has 0 aromatic carbocycles. The van der Waals surface area contributed by atoms with Gasteiger partial charge in [-0.3, -0.25) is 0 Å². The van der Waals surface area contributed by atoms with Crippen LogP contribution in [0, 0.1) is 0 Å². The van der Waals surface area contributed by atoms with Crippen LogP contribution in [0.5, 0.6) is 0 Å². The molecule has 1 aromatic heterocycles. The van der Waals surface area contributed by atoms with E-state index in [0.29, 0.717) is 16.7 Å². The zero-order valence-corrected chi connectivity index (χ0v) is 13.0. The fourth-order valence-corrected chi connectivity index (χ4v) is 4.69. The first-order valence-corrected chi connectivity index (χ1v) is 9.13. The molecular weight excluding hydrogens is 304 g/mol. The standard InChI is InChI=1S/C10H16N4O2S3/c1-2-3-8-13-14-10(18-8)12-9(17)11-7-4-5-19(15,16)6-7/h7H,2-6H2,1H3,(H2,11,12,14,17)/t7-/m1/s1. The van der Waals surface area contributed by atoms with Crippen molar-refractivity contribution in [2.24, 2.45) is 0 Å². The van der Waals surface area contributed by atoms with Crippen LogP contribution in [0.25, 0.3) is 0 Å². The van der Waals surface area contributed by atoms with Gasteiger partial charge < -0.3 is 10.6 Å². The lowest BCUT2D eigenvalue weighted by Crippen LogP contribution is -2.38. The molecule has 6 nitrogen and oxygen atoms in total. The highest BCUT2D eigenvalue weighted by molar-refractivity contribution is 7.91. The molecule has 1 atom stereocenters. The van der Waals surface area contributed by atoms with E-state index in [-0.39, 0.29) is 17.5 Å². The van der Waals surface area contributed by atoms with Crippen LogP contribution in [0.4, 0.5) is 5.13 Å². The Hall–Kier alpha value is -0.800. The molecule has 0 amide bonds. The third-order valence-electron chi connectivity index (χ3n) is 2.72. The first-order chi connectivity index (χ1) is 8.98. The summed E-state index contributed by atoms with van der Waals surface area (Å²) in [7, 11) is -2.89. The van der Waals surface area contributed by atoms with Gasteiger partial charge in [0.2, 0.25) is 5.13 Å². The van der Waals surface area contributed by atoms with Gasteiger partial charge in [0.1, 0.15) is 5.01 Å². The lowest BCUT2D eigenvalue weighted by molar-refractivity contribution is 0.600. The fraction of sp³-hybridized carbons (Fsp3) is 0.700. The van der Waals surface area contributed by atoms with Gasteiger partial charge in [0, 0.05) is 12.5 Å². The fourth-order valence-electron chi connectivity index (χ4n) is 1.85. The summed E-state index contributed by atoms with van der Waals surface area (Å²) in [5, 5.41) is 16.0. The van der Waals surface area contributed by atoms with E-state index in [0.717, 1.165) is 17.8 Å². The van der Waals surface area contributed by atoms with Crippen molar-refractivity contribution in [3.8, 4) is 0 Å². The van der Waals surface area contributed by atoms with Crippen molar-refractivity contribution in [3.63, 3.8) is 0 Å². The van der Waals surface area contributed by atoms with Crippen molar-refractivity contribution < 1.29 is 8.42 Å². The molecule has 0 saturated carbocycles. The Balaban J connectivity index is 1.84. The summed E-state index contributed by atoms with van der Waals surface area (Å²) in [6.45, 7) is 2.08. The molecule has 9 heteroatoms. The van der Waals surface area contributed by atoms with E-state index in [2.05, 4.69) is 27.8 Å². The van der Waals surface area contributed by atoms with Gasteiger partial charge in [-0.05, 0) is 25.1 Å². The summed E-state index contributed by atoms with van der Waals surface area (Å²) in [4.78, 5) is 0. The molecule has 0 spiro atoms. The van der Waals surface area contributed by atoms with Gasteiger partial charge in [-0.25, -0.2) is 8.42 Å². The zero-order chi connectivity index (χ0) is 13.9. The van der Waals surface area contributed by atoms with E-state index in [9.17, 15) is 8.42 Å². The molecule has 0 bridgehead atoms. The SMILES string of the molecule is CCCc1nnc(NC(=S)N[C@@H]2CCS(=O)(=O)C2)s1. The van der Waals surface area contributed by atoms with Crippen LogP contribution >= 0.6 is 23.6 Å². The van der Waals surface area contributed by atoms with Crippen molar-refractivity contribution in [2.45, 2.75) is 32.2 Å². The summed E-state index contributed by atoms with van der Waals surface area (Å²) in [5.41, 5.74) is 0. The third kappa shape index (κ3) is 4.36. The second-order valence-electron chi connectivity index (χ2n) is 4.45. The van der Waals surface area contributed by atoms with Gasteiger partial charge in [0.05, 0.1) is 11.5 Å². The van der Waals surface area contributed by atoms with E-state index in [1.165, 1.54) is 11.3 Å². The largest absolute Gasteiger partial charge is 0.359 e.